The minimum Gasteiger partial charge on any atom is -0.132 e. The summed E-state index contributed by atoms with van der Waals surface area (Å²) < 4.78 is 0. The molecule has 0 saturated carbocycles. The molecule has 20 heavy (non-hydrogen) atoms. The predicted molar refractivity (Wildman–Crippen MR) is 99.2 cm³/mol. The maximum absolute atomic E-state index is 3.44. The summed E-state index contributed by atoms with van der Waals surface area (Å²) in [5, 5.41) is 0. The lowest BCUT2D eigenvalue weighted by molar-refractivity contribution is 0.604. The Morgan fingerprint density at radius 2 is 0.800 bits per heavy atom. The molecule has 114 valence electrons. The summed E-state index contributed by atoms with van der Waals surface area (Å²) >= 11 is 0. The highest BCUT2D eigenvalue weighted by atomic mass is 28.3. The van der Waals surface area contributed by atoms with Gasteiger partial charge in [-0.1, -0.05) is 65.0 Å². The standard InChI is InChI=1S/C18H34Si2/c1-19(2,3)17-15-13-11-9-7-8-10-12-14-16-18-20(4,5)6/h7-14H2,1-6H3. The van der Waals surface area contributed by atoms with E-state index < -0.39 is 16.1 Å². The van der Waals surface area contributed by atoms with Gasteiger partial charge in [0.05, 0.1) is 0 Å². The first-order chi connectivity index (χ1) is 9.21. The van der Waals surface area contributed by atoms with E-state index in [1.165, 1.54) is 38.5 Å². The van der Waals surface area contributed by atoms with E-state index in [0.717, 1.165) is 12.8 Å². The largest absolute Gasteiger partial charge is 0.132 e. The lowest BCUT2D eigenvalue weighted by Crippen LogP contribution is -2.16. The van der Waals surface area contributed by atoms with Crippen molar-refractivity contribution in [1.29, 1.82) is 0 Å². The Labute approximate surface area is 130 Å². The fourth-order valence-electron chi connectivity index (χ4n) is 1.79. The van der Waals surface area contributed by atoms with Gasteiger partial charge in [-0.3, -0.25) is 0 Å². The maximum atomic E-state index is 3.44. The molecule has 0 N–H and O–H groups in total. The summed E-state index contributed by atoms with van der Waals surface area (Å²) in [7, 11) is -2.27. The zero-order chi connectivity index (χ0) is 15.5. The van der Waals surface area contributed by atoms with Gasteiger partial charge in [0.25, 0.3) is 0 Å². The third-order valence-electron chi connectivity index (χ3n) is 2.78. The number of unbranched alkanes of at least 4 members (excludes halogenated alkanes) is 7. The van der Waals surface area contributed by atoms with Crippen molar-refractivity contribution in [3.8, 4) is 22.9 Å². The molecule has 0 spiro atoms. The van der Waals surface area contributed by atoms with E-state index in [0.29, 0.717) is 0 Å². The number of hydrogen-bond donors (Lipinski definition) is 0. The Morgan fingerprint density at radius 3 is 1.10 bits per heavy atom. The number of hydrogen-bond acceptors (Lipinski definition) is 0. The second-order valence-corrected chi connectivity index (χ2v) is 17.2. The summed E-state index contributed by atoms with van der Waals surface area (Å²) in [6.07, 6.45) is 10.2. The quantitative estimate of drug-likeness (QED) is 0.313. The van der Waals surface area contributed by atoms with Crippen molar-refractivity contribution >= 4 is 16.1 Å². The van der Waals surface area contributed by atoms with Crippen LogP contribution in [0.3, 0.4) is 0 Å². The van der Waals surface area contributed by atoms with Crippen LogP contribution in [0.5, 0.6) is 0 Å². The van der Waals surface area contributed by atoms with Crippen molar-refractivity contribution in [3.63, 3.8) is 0 Å². The highest BCUT2D eigenvalue weighted by Gasteiger charge is 2.07. The van der Waals surface area contributed by atoms with Gasteiger partial charge in [-0.2, -0.15) is 0 Å². The smallest absolute Gasteiger partial charge is 0.129 e. The summed E-state index contributed by atoms with van der Waals surface area (Å²) in [5.41, 5.74) is 6.87. The van der Waals surface area contributed by atoms with E-state index >= 15 is 0 Å². The monoisotopic (exact) mass is 306 g/mol. The molecule has 0 aromatic heterocycles. The Morgan fingerprint density at radius 1 is 0.500 bits per heavy atom. The first-order valence-corrected chi connectivity index (χ1v) is 15.2. The van der Waals surface area contributed by atoms with Gasteiger partial charge in [-0.05, 0) is 12.8 Å². The van der Waals surface area contributed by atoms with Crippen LogP contribution in [-0.4, -0.2) is 16.1 Å². The molecule has 0 aliphatic rings. The average molecular weight is 307 g/mol. The van der Waals surface area contributed by atoms with Gasteiger partial charge in [0.2, 0.25) is 0 Å². The van der Waals surface area contributed by atoms with Crippen molar-refractivity contribution in [2.45, 2.75) is 90.6 Å². The molecule has 0 aliphatic heterocycles. The van der Waals surface area contributed by atoms with E-state index in [2.05, 4.69) is 62.2 Å². The molecule has 0 amide bonds. The van der Waals surface area contributed by atoms with Gasteiger partial charge in [-0.15, -0.1) is 22.9 Å². The second-order valence-electron chi connectivity index (χ2n) is 7.72. The minimum atomic E-state index is -1.14. The Balaban J connectivity index is 3.37. The molecule has 2 heteroatoms. The predicted octanol–water partition coefficient (Wildman–Crippen LogP) is 5.87. The SMILES string of the molecule is C[Si](C)(C)C#CCCCCCCCCC#C[Si](C)(C)C. The summed E-state index contributed by atoms with van der Waals surface area (Å²) in [6.45, 7) is 13.9. The van der Waals surface area contributed by atoms with Gasteiger partial charge in [-0.25, -0.2) is 0 Å². The molecule has 0 saturated heterocycles. The zero-order valence-electron chi connectivity index (χ0n) is 14.7. The van der Waals surface area contributed by atoms with E-state index in [9.17, 15) is 0 Å². The Kier molecular flexibility index (Phi) is 10.1. The highest BCUT2D eigenvalue weighted by molar-refractivity contribution is 6.84. The number of rotatable bonds is 7. The molecule has 0 radical (unpaired) electrons. The Hall–Kier alpha value is -0.446. The van der Waals surface area contributed by atoms with Crippen molar-refractivity contribution in [2.24, 2.45) is 0 Å². The van der Waals surface area contributed by atoms with Crippen LogP contribution < -0.4 is 0 Å². The molecule has 0 nitrogen and oxygen atoms in total. The third kappa shape index (κ3) is 17.6. The lowest BCUT2D eigenvalue weighted by Gasteiger charge is -2.03. The molecule has 0 bridgehead atoms. The van der Waals surface area contributed by atoms with Crippen LogP contribution in [0.4, 0.5) is 0 Å². The summed E-state index contributed by atoms with van der Waals surface area (Å²) in [5.74, 6) is 6.71. The van der Waals surface area contributed by atoms with Crippen LogP contribution in [0, 0.1) is 22.9 Å². The van der Waals surface area contributed by atoms with E-state index in [-0.39, 0.29) is 0 Å². The fraction of sp³-hybridized carbons (Fsp3) is 0.778. The minimum absolute atomic E-state index is 1.10. The van der Waals surface area contributed by atoms with Crippen molar-refractivity contribution in [3.05, 3.63) is 0 Å². The summed E-state index contributed by atoms with van der Waals surface area (Å²) in [6, 6.07) is 0. The highest BCUT2D eigenvalue weighted by Crippen LogP contribution is 2.08. The topological polar surface area (TPSA) is 0 Å². The molecule has 0 fully saturated rings. The molecule has 0 atom stereocenters. The van der Waals surface area contributed by atoms with Gasteiger partial charge >= 0.3 is 0 Å². The molecular weight excluding hydrogens is 272 g/mol. The van der Waals surface area contributed by atoms with E-state index in [1.54, 1.807) is 0 Å². The normalized spacial score (nSPS) is 11.3. The van der Waals surface area contributed by atoms with Gasteiger partial charge in [0, 0.05) is 12.8 Å². The molecule has 0 aliphatic carbocycles. The zero-order valence-corrected chi connectivity index (χ0v) is 16.7. The van der Waals surface area contributed by atoms with Crippen molar-refractivity contribution in [2.75, 3.05) is 0 Å². The summed E-state index contributed by atoms with van der Waals surface area (Å²) in [4.78, 5) is 0. The van der Waals surface area contributed by atoms with Crippen molar-refractivity contribution in [1.82, 2.24) is 0 Å². The fourth-order valence-corrected chi connectivity index (χ4v) is 3.10. The van der Waals surface area contributed by atoms with E-state index in [4.69, 9.17) is 0 Å². The molecular formula is C18H34Si2. The van der Waals surface area contributed by atoms with Crippen LogP contribution in [0.2, 0.25) is 39.3 Å². The van der Waals surface area contributed by atoms with Crippen LogP contribution in [0.1, 0.15) is 51.4 Å². The molecule has 0 rings (SSSR count). The van der Waals surface area contributed by atoms with Gasteiger partial charge < -0.3 is 0 Å². The first kappa shape index (κ1) is 19.6. The van der Waals surface area contributed by atoms with Crippen LogP contribution in [0.25, 0.3) is 0 Å². The van der Waals surface area contributed by atoms with E-state index in [1.807, 2.05) is 0 Å². The van der Waals surface area contributed by atoms with Gasteiger partial charge in [0.15, 0.2) is 0 Å². The maximum Gasteiger partial charge on any atom is 0.129 e. The molecule has 0 heterocycles. The molecule has 0 aromatic rings. The van der Waals surface area contributed by atoms with Crippen molar-refractivity contribution < 1.29 is 0 Å². The third-order valence-corrected chi connectivity index (χ3v) is 4.63. The average Bonchev–Trinajstić information content (AvgIpc) is 2.27. The first-order valence-electron chi connectivity index (χ1n) is 8.21. The molecule has 0 aromatic carbocycles. The van der Waals surface area contributed by atoms with Crippen LogP contribution >= 0.6 is 0 Å². The van der Waals surface area contributed by atoms with Crippen LogP contribution in [-0.2, 0) is 0 Å². The Bertz CT molecular complexity index is 323. The van der Waals surface area contributed by atoms with Crippen LogP contribution in [0.15, 0.2) is 0 Å². The second kappa shape index (κ2) is 10.3. The molecule has 0 unspecified atom stereocenters. The lowest BCUT2D eigenvalue weighted by atomic mass is 10.1. The van der Waals surface area contributed by atoms with Gasteiger partial charge in [0.1, 0.15) is 16.1 Å².